The quantitative estimate of drug-likeness (QED) is 0.199. The molecule has 0 unspecified atom stereocenters. The Bertz CT molecular complexity index is 2710. The summed E-state index contributed by atoms with van der Waals surface area (Å²) in [7, 11) is 0. The third-order valence-corrected chi connectivity index (χ3v) is 9.40. The molecule has 0 aliphatic carbocycles. The SMILES string of the molecule is N#Cc1cc(-c2ccccc2-n2c3ccccc3c3ccccc32)cc(-c2cccc(-n3c4ccccc4c4ccccc43)c2)c1C#N. The van der Waals surface area contributed by atoms with Crippen molar-refractivity contribution in [1.29, 1.82) is 10.5 Å². The van der Waals surface area contributed by atoms with E-state index >= 15 is 0 Å². The van der Waals surface area contributed by atoms with Gasteiger partial charge in [0.25, 0.3) is 0 Å². The lowest BCUT2D eigenvalue weighted by Gasteiger charge is -2.16. The third kappa shape index (κ3) is 4.07. The van der Waals surface area contributed by atoms with Crippen LogP contribution in [0.1, 0.15) is 11.1 Å². The largest absolute Gasteiger partial charge is 0.309 e. The zero-order valence-electron chi connectivity index (χ0n) is 25.8. The summed E-state index contributed by atoms with van der Waals surface area (Å²) in [5, 5.41) is 25.5. The van der Waals surface area contributed by atoms with E-state index in [1.165, 1.54) is 21.5 Å². The molecule has 222 valence electrons. The number of fused-ring (bicyclic) bond motifs is 6. The molecule has 4 heteroatoms. The Kier molecular flexibility index (Phi) is 6.22. The van der Waals surface area contributed by atoms with Gasteiger partial charge in [0.2, 0.25) is 0 Å². The van der Waals surface area contributed by atoms with E-state index < -0.39 is 0 Å². The third-order valence-electron chi connectivity index (χ3n) is 9.40. The summed E-state index contributed by atoms with van der Waals surface area (Å²) < 4.78 is 4.57. The monoisotopic (exact) mass is 610 g/mol. The van der Waals surface area contributed by atoms with Gasteiger partial charge in [-0.3, -0.25) is 0 Å². The Morgan fingerprint density at radius 2 is 0.917 bits per heavy atom. The summed E-state index contributed by atoms with van der Waals surface area (Å²) in [4.78, 5) is 0. The van der Waals surface area contributed by atoms with Gasteiger partial charge in [0.1, 0.15) is 12.1 Å². The van der Waals surface area contributed by atoms with Crippen LogP contribution in [0.3, 0.4) is 0 Å². The van der Waals surface area contributed by atoms with Crippen molar-refractivity contribution in [3.8, 4) is 45.8 Å². The van der Waals surface area contributed by atoms with Crippen molar-refractivity contribution < 1.29 is 0 Å². The summed E-state index contributed by atoms with van der Waals surface area (Å²) in [6, 6.07) is 59.0. The fourth-order valence-electron chi connectivity index (χ4n) is 7.34. The van der Waals surface area contributed by atoms with Gasteiger partial charge in [-0.05, 0) is 65.7 Å². The summed E-state index contributed by atoms with van der Waals surface area (Å²) in [5.41, 5.74) is 10.6. The van der Waals surface area contributed by atoms with Crippen molar-refractivity contribution in [3.05, 3.63) is 169 Å². The van der Waals surface area contributed by atoms with E-state index in [9.17, 15) is 10.5 Å². The van der Waals surface area contributed by atoms with E-state index in [4.69, 9.17) is 0 Å². The Balaban J connectivity index is 1.28. The minimum absolute atomic E-state index is 0.351. The van der Waals surface area contributed by atoms with Crippen LogP contribution in [0.4, 0.5) is 0 Å². The van der Waals surface area contributed by atoms with Gasteiger partial charge >= 0.3 is 0 Å². The maximum absolute atomic E-state index is 10.4. The van der Waals surface area contributed by atoms with E-state index in [-0.39, 0.29) is 0 Å². The number of benzene rings is 7. The zero-order chi connectivity index (χ0) is 32.2. The summed E-state index contributed by atoms with van der Waals surface area (Å²) in [6.07, 6.45) is 0. The van der Waals surface area contributed by atoms with Crippen LogP contribution in [-0.2, 0) is 0 Å². The summed E-state index contributed by atoms with van der Waals surface area (Å²) >= 11 is 0. The van der Waals surface area contributed by atoms with Crippen LogP contribution in [0.5, 0.6) is 0 Å². The number of hydrogen-bond acceptors (Lipinski definition) is 2. The molecule has 0 amide bonds. The average molecular weight is 611 g/mol. The van der Waals surface area contributed by atoms with Gasteiger partial charge in [0, 0.05) is 38.4 Å². The van der Waals surface area contributed by atoms with Crippen LogP contribution < -0.4 is 0 Å². The van der Waals surface area contributed by atoms with Gasteiger partial charge in [-0.1, -0.05) is 103 Å². The van der Waals surface area contributed by atoms with Crippen LogP contribution >= 0.6 is 0 Å². The van der Waals surface area contributed by atoms with Crippen LogP contribution in [0.25, 0.3) is 77.2 Å². The van der Waals surface area contributed by atoms with Crippen molar-refractivity contribution >= 4 is 43.6 Å². The van der Waals surface area contributed by atoms with Crippen molar-refractivity contribution in [1.82, 2.24) is 9.13 Å². The number of para-hydroxylation sites is 5. The van der Waals surface area contributed by atoms with Gasteiger partial charge in [-0.15, -0.1) is 0 Å². The van der Waals surface area contributed by atoms with Crippen LogP contribution in [-0.4, -0.2) is 9.13 Å². The lowest BCUT2D eigenvalue weighted by Crippen LogP contribution is -1.99. The number of rotatable bonds is 4. The highest BCUT2D eigenvalue weighted by atomic mass is 15.0. The summed E-state index contributed by atoms with van der Waals surface area (Å²) in [6.45, 7) is 0. The fraction of sp³-hybridized carbons (Fsp3) is 0. The normalized spacial score (nSPS) is 11.3. The van der Waals surface area contributed by atoms with Gasteiger partial charge in [-0.2, -0.15) is 10.5 Å². The van der Waals surface area contributed by atoms with Gasteiger partial charge in [-0.25, -0.2) is 0 Å². The number of aromatic nitrogens is 2. The molecule has 0 saturated heterocycles. The molecule has 7 aromatic carbocycles. The summed E-state index contributed by atoms with van der Waals surface area (Å²) in [5.74, 6) is 0. The van der Waals surface area contributed by atoms with E-state index in [0.29, 0.717) is 11.1 Å². The highest BCUT2D eigenvalue weighted by Crippen LogP contribution is 2.39. The number of nitrogens with zero attached hydrogens (tertiary/aromatic N) is 4. The maximum Gasteiger partial charge on any atom is 0.101 e. The second-order valence-corrected chi connectivity index (χ2v) is 12.0. The number of hydrogen-bond donors (Lipinski definition) is 0. The minimum Gasteiger partial charge on any atom is -0.309 e. The minimum atomic E-state index is 0.351. The Morgan fingerprint density at radius 3 is 1.48 bits per heavy atom. The van der Waals surface area contributed by atoms with E-state index in [0.717, 1.165) is 55.7 Å². The van der Waals surface area contributed by atoms with Crippen LogP contribution in [0.15, 0.2) is 158 Å². The Morgan fingerprint density at radius 1 is 0.396 bits per heavy atom. The van der Waals surface area contributed by atoms with Gasteiger partial charge in [0.05, 0.1) is 38.9 Å². The van der Waals surface area contributed by atoms with Gasteiger partial charge < -0.3 is 9.13 Å². The standard InChI is InChI=1S/C44H26N4/c45-27-31-24-30(33-14-1-6-19-40(33)48-43-22-9-4-17-36(43)37-18-5-10-23-44(37)48)26-38(39(31)28-46)29-12-11-13-32(25-29)47-41-20-7-2-15-34(41)35-16-3-8-21-42(35)47/h1-26H. The first-order valence-corrected chi connectivity index (χ1v) is 15.9. The first-order valence-electron chi connectivity index (χ1n) is 15.9. The average Bonchev–Trinajstić information content (AvgIpc) is 3.67. The molecule has 48 heavy (non-hydrogen) atoms. The molecular weight excluding hydrogens is 585 g/mol. The first kappa shape index (κ1) is 27.4. The van der Waals surface area contributed by atoms with Crippen molar-refractivity contribution in [2.75, 3.05) is 0 Å². The van der Waals surface area contributed by atoms with Gasteiger partial charge in [0.15, 0.2) is 0 Å². The molecule has 0 N–H and O–H groups in total. The molecule has 0 fully saturated rings. The molecular formula is C44H26N4. The first-order chi connectivity index (χ1) is 23.7. The fourth-order valence-corrected chi connectivity index (χ4v) is 7.34. The zero-order valence-corrected chi connectivity index (χ0v) is 25.8. The van der Waals surface area contributed by atoms with E-state index in [2.05, 4.69) is 149 Å². The second kappa shape index (κ2) is 10.9. The van der Waals surface area contributed by atoms with Crippen LogP contribution in [0.2, 0.25) is 0 Å². The predicted octanol–water partition coefficient (Wildman–Crippen LogP) is 11.0. The number of nitriles is 2. The molecule has 0 aliphatic rings. The Hall–Kier alpha value is -6.88. The lowest BCUT2D eigenvalue weighted by molar-refractivity contribution is 1.18. The van der Waals surface area contributed by atoms with Crippen molar-refractivity contribution in [2.45, 2.75) is 0 Å². The molecule has 9 rings (SSSR count). The molecule has 0 bridgehead atoms. The maximum atomic E-state index is 10.4. The highest BCUT2D eigenvalue weighted by Gasteiger charge is 2.19. The molecule has 9 aromatic rings. The van der Waals surface area contributed by atoms with E-state index in [1.807, 2.05) is 30.3 Å². The smallest absolute Gasteiger partial charge is 0.101 e. The topological polar surface area (TPSA) is 57.4 Å². The van der Waals surface area contributed by atoms with Crippen molar-refractivity contribution in [3.63, 3.8) is 0 Å². The molecule has 2 aromatic heterocycles. The lowest BCUT2D eigenvalue weighted by atomic mass is 9.90. The Labute approximate surface area is 277 Å². The molecule has 2 heterocycles. The second-order valence-electron chi connectivity index (χ2n) is 12.0. The van der Waals surface area contributed by atoms with Crippen molar-refractivity contribution in [2.24, 2.45) is 0 Å². The molecule has 0 atom stereocenters. The highest BCUT2D eigenvalue weighted by molar-refractivity contribution is 6.10. The molecule has 0 spiro atoms. The van der Waals surface area contributed by atoms with Crippen LogP contribution in [0, 0.1) is 22.7 Å². The molecule has 0 saturated carbocycles. The molecule has 0 aliphatic heterocycles. The van der Waals surface area contributed by atoms with E-state index in [1.54, 1.807) is 0 Å². The predicted molar refractivity (Wildman–Crippen MR) is 195 cm³/mol. The molecule has 4 nitrogen and oxygen atoms in total. The molecule has 0 radical (unpaired) electrons.